The molecule has 110 valence electrons. The zero-order valence-corrected chi connectivity index (χ0v) is 11.9. The van der Waals surface area contributed by atoms with Crippen LogP contribution in [0.5, 0.6) is 0 Å². The van der Waals surface area contributed by atoms with Gasteiger partial charge in [-0.2, -0.15) is 0 Å². The van der Waals surface area contributed by atoms with Crippen LogP contribution in [-0.2, 0) is 4.79 Å². The summed E-state index contributed by atoms with van der Waals surface area (Å²) in [4.78, 5) is 29.3. The first-order chi connectivity index (χ1) is 10.1. The van der Waals surface area contributed by atoms with Gasteiger partial charge in [-0.1, -0.05) is 25.1 Å². The predicted octanol–water partition coefficient (Wildman–Crippen LogP) is 1.72. The third-order valence-corrected chi connectivity index (χ3v) is 4.08. The van der Waals surface area contributed by atoms with Gasteiger partial charge in [-0.3, -0.25) is 9.59 Å². The molecule has 0 aliphatic carbocycles. The van der Waals surface area contributed by atoms with Crippen LogP contribution < -0.4 is 0 Å². The van der Waals surface area contributed by atoms with Gasteiger partial charge in [0.05, 0.1) is 17.7 Å². The first-order valence-corrected chi connectivity index (χ1v) is 7.19. The molecule has 1 amide bonds. The van der Waals surface area contributed by atoms with Gasteiger partial charge in [-0.05, 0) is 6.07 Å². The van der Waals surface area contributed by atoms with Crippen molar-refractivity contribution in [2.45, 2.75) is 31.9 Å². The second kappa shape index (κ2) is 5.33. The third kappa shape index (κ3) is 2.34. The number of aromatic nitrogens is 1. The molecule has 2 aromatic rings. The lowest BCUT2D eigenvalue weighted by Crippen LogP contribution is -2.40. The number of aliphatic hydroxyl groups is 1. The minimum atomic E-state index is -0.625. The summed E-state index contributed by atoms with van der Waals surface area (Å²) in [5.41, 5.74) is 1.44. The molecule has 1 aromatic carbocycles. The molecule has 5 nitrogen and oxygen atoms in total. The number of para-hydroxylation sites is 1. The van der Waals surface area contributed by atoms with Gasteiger partial charge in [0.2, 0.25) is 0 Å². The van der Waals surface area contributed by atoms with E-state index in [1.54, 1.807) is 13.1 Å². The molecule has 0 saturated carbocycles. The van der Waals surface area contributed by atoms with Gasteiger partial charge < -0.3 is 15.0 Å². The fraction of sp³-hybridized carbons (Fsp3) is 0.375. The van der Waals surface area contributed by atoms with Crippen molar-refractivity contribution in [3.63, 3.8) is 0 Å². The van der Waals surface area contributed by atoms with E-state index < -0.39 is 12.1 Å². The topological polar surface area (TPSA) is 73.4 Å². The summed E-state index contributed by atoms with van der Waals surface area (Å²) in [6, 6.07) is 7.05. The van der Waals surface area contributed by atoms with Crippen molar-refractivity contribution < 1.29 is 14.7 Å². The Balaban J connectivity index is 1.95. The van der Waals surface area contributed by atoms with Gasteiger partial charge >= 0.3 is 0 Å². The number of nitrogens with zero attached hydrogens (tertiary/aromatic N) is 1. The number of H-pyrrole nitrogens is 1. The van der Waals surface area contributed by atoms with Gasteiger partial charge in [0.15, 0.2) is 5.78 Å². The zero-order chi connectivity index (χ0) is 15.0. The molecule has 5 heteroatoms. The number of hydrogen-bond donors (Lipinski definition) is 2. The maximum absolute atomic E-state index is 12.7. The molecule has 0 spiro atoms. The summed E-state index contributed by atoms with van der Waals surface area (Å²) in [5, 5.41) is 10.7. The molecule has 3 rings (SSSR count). The number of carbonyl (C=O) groups excluding carboxylic acids is 2. The molecule has 1 fully saturated rings. The Morgan fingerprint density at radius 2 is 2.14 bits per heavy atom. The normalized spacial score (nSPS) is 21.9. The molecular formula is C16H18N2O3. The lowest BCUT2D eigenvalue weighted by molar-refractivity contribution is -0.122. The molecule has 2 atom stereocenters. The number of amides is 1. The fourth-order valence-electron chi connectivity index (χ4n) is 2.98. The number of Topliss-reactive ketones (excluding diaryl/α,β-unsaturated/α-hetero) is 1. The maximum Gasteiger partial charge on any atom is 0.256 e. The molecule has 1 aliphatic heterocycles. The van der Waals surface area contributed by atoms with Crippen LogP contribution in [0.3, 0.4) is 0 Å². The first-order valence-electron chi connectivity index (χ1n) is 7.19. The average molecular weight is 286 g/mol. The van der Waals surface area contributed by atoms with E-state index in [0.29, 0.717) is 18.4 Å². The van der Waals surface area contributed by atoms with Gasteiger partial charge in [0.1, 0.15) is 0 Å². The highest BCUT2D eigenvalue weighted by atomic mass is 16.3. The Morgan fingerprint density at radius 3 is 2.90 bits per heavy atom. The van der Waals surface area contributed by atoms with Crippen molar-refractivity contribution in [1.29, 1.82) is 0 Å². The Hall–Kier alpha value is -2.14. The average Bonchev–Trinajstić information content (AvgIpc) is 3.09. The molecule has 2 N–H and O–H groups in total. The van der Waals surface area contributed by atoms with Crippen LogP contribution in [0.1, 0.15) is 30.1 Å². The summed E-state index contributed by atoms with van der Waals surface area (Å²) >= 11 is 0. The standard InChI is InChI=1S/C16H18N2O3/c1-2-15(20)14-7-10(19)9-18(14)16(21)12-8-17-13-6-4-3-5-11(12)13/h3-6,8,10,14,17,19H,2,7,9H2,1H3/t10-,14?/m1/s1. The van der Waals surface area contributed by atoms with E-state index in [2.05, 4.69) is 4.98 Å². The summed E-state index contributed by atoms with van der Waals surface area (Å²) in [5.74, 6) is -0.199. The Morgan fingerprint density at radius 1 is 1.38 bits per heavy atom. The van der Waals surface area contributed by atoms with Crippen LogP contribution in [0.15, 0.2) is 30.5 Å². The first kappa shape index (κ1) is 13.8. The monoisotopic (exact) mass is 286 g/mol. The van der Waals surface area contributed by atoms with Gasteiger partial charge in [-0.25, -0.2) is 0 Å². The number of ketones is 1. The summed E-state index contributed by atoms with van der Waals surface area (Å²) in [7, 11) is 0. The highest BCUT2D eigenvalue weighted by Crippen LogP contribution is 2.25. The third-order valence-electron chi connectivity index (χ3n) is 4.08. The van der Waals surface area contributed by atoms with Gasteiger partial charge in [0.25, 0.3) is 5.91 Å². The van der Waals surface area contributed by atoms with Crippen LogP contribution in [0.4, 0.5) is 0 Å². The number of benzene rings is 1. The van der Waals surface area contributed by atoms with E-state index in [0.717, 1.165) is 10.9 Å². The van der Waals surface area contributed by atoms with Crippen molar-refractivity contribution in [3.8, 4) is 0 Å². The largest absolute Gasteiger partial charge is 0.391 e. The highest BCUT2D eigenvalue weighted by molar-refractivity contribution is 6.08. The summed E-state index contributed by atoms with van der Waals surface area (Å²) in [6.45, 7) is 2.00. The molecule has 1 unspecified atom stereocenters. The number of likely N-dealkylation sites (tertiary alicyclic amines) is 1. The zero-order valence-electron chi connectivity index (χ0n) is 11.9. The molecule has 1 saturated heterocycles. The number of fused-ring (bicyclic) bond motifs is 1. The maximum atomic E-state index is 12.7. The predicted molar refractivity (Wildman–Crippen MR) is 79.0 cm³/mol. The van der Waals surface area contributed by atoms with Gasteiger partial charge in [-0.15, -0.1) is 0 Å². The van der Waals surface area contributed by atoms with E-state index in [4.69, 9.17) is 0 Å². The van der Waals surface area contributed by atoms with Crippen molar-refractivity contribution in [2.75, 3.05) is 6.54 Å². The van der Waals surface area contributed by atoms with Crippen molar-refractivity contribution in [3.05, 3.63) is 36.0 Å². The lowest BCUT2D eigenvalue weighted by atomic mass is 10.1. The van der Waals surface area contributed by atoms with E-state index in [-0.39, 0.29) is 18.2 Å². The van der Waals surface area contributed by atoms with Gasteiger partial charge in [0, 0.05) is 36.5 Å². The van der Waals surface area contributed by atoms with Crippen molar-refractivity contribution in [2.24, 2.45) is 0 Å². The number of hydrogen-bond acceptors (Lipinski definition) is 3. The lowest BCUT2D eigenvalue weighted by Gasteiger charge is -2.22. The van der Waals surface area contributed by atoms with Crippen LogP contribution in [0.2, 0.25) is 0 Å². The van der Waals surface area contributed by atoms with E-state index in [1.165, 1.54) is 4.90 Å². The van der Waals surface area contributed by atoms with E-state index >= 15 is 0 Å². The quantitative estimate of drug-likeness (QED) is 0.902. The number of nitrogens with one attached hydrogen (secondary N) is 1. The second-order valence-corrected chi connectivity index (χ2v) is 5.43. The molecular weight excluding hydrogens is 268 g/mol. The molecule has 0 radical (unpaired) electrons. The SMILES string of the molecule is CCC(=O)C1C[C@@H](O)CN1C(=O)c1c[nH]c2ccccc12. The number of β-amino-alcohol motifs (C(OH)–C–C–N with tert-alkyl or cyclic N) is 1. The number of aliphatic hydroxyl groups excluding tert-OH is 1. The number of rotatable bonds is 3. The minimum absolute atomic E-state index is 0.000240. The van der Waals surface area contributed by atoms with Crippen LogP contribution >= 0.6 is 0 Å². The Bertz CT molecular complexity index is 692. The van der Waals surface area contributed by atoms with Crippen molar-refractivity contribution in [1.82, 2.24) is 9.88 Å². The van der Waals surface area contributed by atoms with Crippen LogP contribution in [0.25, 0.3) is 10.9 Å². The fourth-order valence-corrected chi connectivity index (χ4v) is 2.98. The van der Waals surface area contributed by atoms with Crippen molar-refractivity contribution >= 4 is 22.6 Å². The second-order valence-electron chi connectivity index (χ2n) is 5.43. The number of carbonyl (C=O) groups is 2. The smallest absolute Gasteiger partial charge is 0.256 e. The molecule has 0 bridgehead atoms. The summed E-state index contributed by atoms with van der Waals surface area (Å²) < 4.78 is 0. The summed E-state index contributed by atoms with van der Waals surface area (Å²) in [6.07, 6.45) is 1.75. The molecule has 1 aromatic heterocycles. The Labute approximate surface area is 122 Å². The molecule has 1 aliphatic rings. The van der Waals surface area contributed by atoms with Crippen LogP contribution in [-0.4, -0.2) is 45.4 Å². The van der Waals surface area contributed by atoms with Crippen LogP contribution in [0, 0.1) is 0 Å². The highest BCUT2D eigenvalue weighted by Gasteiger charge is 2.38. The molecule has 2 heterocycles. The Kier molecular flexibility index (Phi) is 3.51. The molecule has 21 heavy (non-hydrogen) atoms. The van der Waals surface area contributed by atoms with E-state index in [9.17, 15) is 14.7 Å². The minimum Gasteiger partial charge on any atom is -0.391 e. The number of aromatic amines is 1. The van der Waals surface area contributed by atoms with E-state index in [1.807, 2.05) is 24.3 Å².